The SMILES string of the molecule is CCCS(=O)(=O)N1CCn2c(c(-c3ccc(OC)cc3)c3cc(OC)c(OC)cc32)C1. The molecule has 0 unspecified atom stereocenters. The standard InChI is InChI=1S/C23H28N2O5S/c1-5-12-31(26,27)24-10-11-25-19-14-22(30-4)21(29-3)13-18(19)23(20(25)15-24)16-6-8-17(28-2)9-7-16/h6-9,13-14H,5,10-12,15H2,1-4H3. The second-order valence-electron chi connectivity index (χ2n) is 7.58. The van der Waals surface area contributed by atoms with Crippen LogP contribution in [0.5, 0.6) is 17.2 Å². The van der Waals surface area contributed by atoms with Crippen LogP contribution in [0.4, 0.5) is 0 Å². The minimum atomic E-state index is -3.30. The predicted octanol–water partition coefficient (Wildman–Crippen LogP) is 3.89. The fraction of sp³-hybridized carbons (Fsp3) is 0.391. The van der Waals surface area contributed by atoms with Crippen LogP contribution in [0.3, 0.4) is 0 Å². The Morgan fingerprint density at radius 3 is 2.23 bits per heavy atom. The number of hydrogen-bond donors (Lipinski definition) is 0. The van der Waals surface area contributed by atoms with Crippen LogP contribution in [0.15, 0.2) is 36.4 Å². The summed E-state index contributed by atoms with van der Waals surface area (Å²) in [6.07, 6.45) is 0.599. The topological polar surface area (TPSA) is 70.0 Å². The predicted molar refractivity (Wildman–Crippen MR) is 122 cm³/mol. The molecule has 0 N–H and O–H groups in total. The summed E-state index contributed by atoms with van der Waals surface area (Å²) in [4.78, 5) is 0. The van der Waals surface area contributed by atoms with Gasteiger partial charge in [0.2, 0.25) is 10.0 Å². The van der Waals surface area contributed by atoms with Gasteiger partial charge in [-0.25, -0.2) is 8.42 Å². The zero-order valence-corrected chi connectivity index (χ0v) is 19.2. The molecule has 0 amide bonds. The number of hydrogen-bond acceptors (Lipinski definition) is 5. The smallest absolute Gasteiger partial charge is 0.214 e. The average molecular weight is 445 g/mol. The monoisotopic (exact) mass is 444 g/mol. The number of aromatic nitrogens is 1. The number of rotatable bonds is 7. The van der Waals surface area contributed by atoms with E-state index in [0.29, 0.717) is 37.6 Å². The van der Waals surface area contributed by atoms with Gasteiger partial charge in [-0.1, -0.05) is 19.1 Å². The van der Waals surface area contributed by atoms with Crippen molar-refractivity contribution in [3.8, 4) is 28.4 Å². The van der Waals surface area contributed by atoms with Gasteiger partial charge >= 0.3 is 0 Å². The Hall–Kier alpha value is -2.71. The highest BCUT2D eigenvalue weighted by atomic mass is 32.2. The van der Waals surface area contributed by atoms with Gasteiger partial charge in [0, 0.05) is 35.8 Å². The van der Waals surface area contributed by atoms with E-state index >= 15 is 0 Å². The average Bonchev–Trinajstić information content (AvgIpc) is 3.10. The van der Waals surface area contributed by atoms with Crippen molar-refractivity contribution in [2.24, 2.45) is 0 Å². The molecule has 0 saturated carbocycles. The van der Waals surface area contributed by atoms with Gasteiger partial charge in [-0.05, 0) is 30.2 Å². The van der Waals surface area contributed by atoms with Gasteiger partial charge in [0.15, 0.2) is 11.5 Å². The molecule has 2 aromatic carbocycles. The fourth-order valence-electron chi connectivity index (χ4n) is 4.31. The van der Waals surface area contributed by atoms with E-state index in [2.05, 4.69) is 4.57 Å². The fourth-order valence-corrected chi connectivity index (χ4v) is 5.76. The Labute approximate surface area is 183 Å². The van der Waals surface area contributed by atoms with Gasteiger partial charge < -0.3 is 18.8 Å². The number of ether oxygens (including phenoxy) is 3. The lowest BCUT2D eigenvalue weighted by molar-refractivity contribution is 0.345. The summed E-state index contributed by atoms with van der Waals surface area (Å²) in [5.74, 6) is 2.22. The van der Waals surface area contributed by atoms with Crippen LogP contribution in [0.1, 0.15) is 19.0 Å². The first-order valence-corrected chi connectivity index (χ1v) is 11.9. The van der Waals surface area contributed by atoms with Crippen molar-refractivity contribution < 1.29 is 22.6 Å². The highest BCUT2D eigenvalue weighted by molar-refractivity contribution is 7.89. The van der Waals surface area contributed by atoms with E-state index in [1.807, 2.05) is 43.3 Å². The van der Waals surface area contributed by atoms with E-state index < -0.39 is 10.0 Å². The van der Waals surface area contributed by atoms with Crippen molar-refractivity contribution >= 4 is 20.9 Å². The van der Waals surface area contributed by atoms with Crippen LogP contribution in [0, 0.1) is 0 Å². The zero-order valence-electron chi connectivity index (χ0n) is 18.3. The second kappa shape index (κ2) is 8.43. The van der Waals surface area contributed by atoms with E-state index in [1.165, 1.54) is 0 Å². The van der Waals surface area contributed by atoms with Crippen LogP contribution < -0.4 is 14.2 Å². The quantitative estimate of drug-likeness (QED) is 0.553. The molecule has 2 heterocycles. The first-order valence-electron chi connectivity index (χ1n) is 10.3. The van der Waals surface area contributed by atoms with Crippen LogP contribution >= 0.6 is 0 Å². The minimum Gasteiger partial charge on any atom is -0.497 e. The molecule has 31 heavy (non-hydrogen) atoms. The Morgan fingerprint density at radius 1 is 0.935 bits per heavy atom. The van der Waals surface area contributed by atoms with Crippen molar-refractivity contribution in [1.82, 2.24) is 8.87 Å². The molecule has 0 radical (unpaired) electrons. The van der Waals surface area contributed by atoms with Gasteiger partial charge in [0.1, 0.15) is 5.75 Å². The molecule has 0 bridgehead atoms. The van der Waals surface area contributed by atoms with Gasteiger partial charge in [-0.15, -0.1) is 0 Å². The van der Waals surface area contributed by atoms with E-state index in [-0.39, 0.29) is 5.75 Å². The number of nitrogens with zero attached hydrogens (tertiary/aromatic N) is 2. The molecular formula is C23H28N2O5S. The number of methoxy groups -OCH3 is 3. The van der Waals surface area contributed by atoms with Crippen molar-refractivity contribution in [2.75, 3.05) is 33.6 Å². The highest BCUT2D eigenvalue weighted by Gasteiger charge is 2.31. The van der Waals surface area contributed by atoms with Gasteiger partial charge in [0.25, 0.3) is 0 Å². The molecule has 1 aliphatic rings. The first-order chi connectivity index (χ1) is 14.9. The van der Waals surface area contributed by atoms with Crippen LogP contribution in [0.2, 0.25) is 0 Å². The summed E-state index contributed by atoms with van der Waals surface area (Å²) in [6, 6.07) is 11.8. The summed E-state index contributed by atoms with van der Waals surface area (Å²) in [6.45, 7) is 3.26. The van der Waals surface area contributed by atoms with Crippen molar-refractivity contribution in [1.29, 1.82) is 0 Å². The van der Waals surface area contributed by atoms with Gasteiger partial charge in [-0.2, -0.15) is 4.31 Å². The molecule has 0 fully saturated rings. The molecule has 7 nitrogen and oxygen atoms in total. The molecular weight excluding hydrogens is 416 g/mol. The lowest BCUT2D eigenvalue weighted by Crippen LogP contribution is -2.39. The van der Waals surface area contributed by atoms with Gasteiger partial charge in [-0.3, -0.25) is 0 Å². The summed E-state index contributed by atoms with van der Waals surface area (Å²) in [5, 5.41) is 1.01. The van der Waals surface area contributed by atoms with E-state index in [4.69, 9.17) is 14.2 Å². The van der Waals surface area contributed by atoms with Crippen LogP contribution in [0.25, 0.3) is 22.0 Å². The van der Waals surface area contributed by atoms with Crippen LogP contribution in [-0.4, -0.2) is 50.9 Å². The van der Waals surface area contributed by atoms with Crippen molar-refractivity contribution in [3.63, 3.8) is 0 Å². The van der Waals surface area contributed by atoms with Crippen LogP contribution in [-0.2, 0) is 23.1 Å². The second-order valence-corrected chi connectivity index (χ2v) is 9.66. The maximum Gasteiger partial charge on any atom is 0.214 e. The Morgan fingerprint density at radius 2 is 1.61 bits per heavy atom. The Balaban J connectivity index is 1.95. The largest absolute Gasteiger partial charge is 0.497 e. The molecule has 0 spiro atoms. The first kappa shape index (κ1) is 21.5. The van der Waals surface area contributed by atoms with Crippen molar-refractivity contribution in [3.05, 3.63) is 42.1 Å². The number of sulfonamides is 1. The molecule has 166 valence electrons. The maximum absolute atomic E-state index is 12.8. The molecule has 0 atom stereocenters. The molecule has 0 aliphatic carbocycles. The molecule has 3 aromatic rings. The highest BCUT2D eigenvalue weighted by Crippen LogP contribution is 2.42. The molecule has 0 saturated heterocycles. The van der Waals surface area contributed by atoms with E-state index in [0.717, 1.165) is 33.5 Å². The number of fused-ring (bicyclic) bond motifs is 3. The van der Waals surface area contributed by atoms with E-state index in [1.54, 1.807) is 25.6 Å². The Kier molecular flexibility index (Phi) is 5.85. The lowest BCUT2D eigenvalue weighted by Gasteiger charge is -2.29. The van der Waals surface area contributed by atoms with E-state index in [9.17, 15) is 8.42 Å². The third-order valence-corrected chi connectivity index (χ3v) is 7.83. The normalized spacial score (nSPS) is 14.5. The summed E-state index contributed by atoms with van der Waals surface area (Å²) < 4.78 is 45.8. The lowest BCUT2D eigenvalue weighted by atomic mass is 10.0. The summed E-state index contributed by atoms with van der Waals surface area (Å²) >= 11 is 0. The molecule has 1 aliphatic heterocycles. The zero-order chi connectivity index (χ0) is 22.2. The number of benzene rings is 2. The maximum atomic E-state index is 12.8. The molecule has 1 aromatic heterocycles. The molecule has 4 rings (SSSR count). The Bertz CT molecular complexity index is 1200. The van der Waals surface area contributed by atoms with Gasteiger partial charge in [0.05, 0.1) is 39.1 Å². The van der Waals surface area contributed by atoms with Crippen molar-refractivity contribution in [2.45, 2.75) is 26.4 Å². The summed E-state index contributed by atoms with van der Waals surface area (Å²) in [7, 11) is 1.57. The molecule has 8 heteroatoms. The minimum absolute atomic E-state index is 0.159. The third kappa shape index (κ3) is 3.74. The summed E-state index contributed by atoms with van der Waals surface area (Å²) in [5.41, 5.74) is 3.99. The third-order valence-electron chi connectivity index (χ3n) is 5.81.